The maximum absolute atomic E-state index is 12.5. The van der Waals surface area contributed by atoms with Crippen LogP contribution in [0.3, 0.4) is 0 Å². The van der Waals surface area contributed by atoms with Crippen molar-refractivity contribution in [3.05, 3.63) is 48.7 Å². The average molecular weight is 398 g/mol. The van der Waals surface area contributed by atoms with Gasteiger partial charge in [0.05, 0.1) is 5.69 Å². The van der Waals surface area contributed by atoms with E-state index in [1.807, 2.05) is 63.4 Å². The van der Waals surface area contributed by atoms with Gasteiger partial charge in [0.2, 0.25) is 5.88 Å². The molecule has 0 bridgehead atoms. The van der Waals surface area contributed by atoms with E-state index in [0.29, 0.717) is 16.8 Å². The Labute approximate surface area is 168 Å². The molecule has 0 fully saturated rings. The number of carbonyl (C=O) groups excluding carboxylic acids is 1. The summed E-state index contributed by atoms with van der Waals surface area (Å²) in [6, 6.07) is 13.2. The zero-order chi connectivity index (χ0) is 20.3. The first-order chi connectivity index (χ1) is 13.3. The van der Waals surface area contributed by atoms with Gasteiger partial charge in [0, 0.05) is 30.1 Å². The van der Waals surface area contributed by atoms with Gasteiger partial charge < -0.3 is 9.47 Å². The lowest BCUT2D eigenvalue weighted by molar-refractivity contribution is 0.0589. The van der Waals surface area contributed by atoms with E-state index in [4.69, 9.17) is 9.47 Å². The third-order valence-electron chi connectivity index (χ3n) is 3.89. The molecule has 2 aromatic carbocycles. The molecule has 28 heavy (non-hydrogen) atoms. The number of ether oxygens (including phenoxy) is 2. The molecule has 0 N–H and O–H groups in total. The van der Waals surface area contributed by atoms with Crippen LogP contribution in [0.25, 0.3) is 10.8 Å². The van der Waals surface area contributed by atoms with Crippen LogP contribution >= 0.6 is 11.8 Å². The summed E-state index contributed by atoms with van der Waals surface area (Å²) >= 11 is 1.45. The van der Waals surface area contributed by atoms with Crippen LogP contribution in [0.1, 0.15) is 20.8 Å². The Morgan fingerprint density at radius 1 is 1.07 bits per heavy atom. The second-order valence-electron chi connectivity index (χ2n) is 7.15. The molecule has 6 nitrogen and oxygen atoms in total. The van der Waals surface area contributed by atoms with Gasteiger partial charge in [-0.3, -0.25) is 4.90 Å². The number of hydrogen-bond acceptors (Lipinski definition) is 6. The molecule has 1 aromatic heterocycles. The summed E-state index contributed by atoms with van der Waals surface area (Å²) in [6.45, 7) is 5.54. The maximum Gasteiger partial charge on any atom is 0.414 e. The van der Waals surface area contributed by atoms with E-state index in [-0.39, 0.29) is 0 Å². The molecule has 0 saturated carbocycles. The van der Waals surface area contributed by atoms with Crippen LogP contribution in [0.2, 0.25) is 0 Å². The summed E-state index contributed by atoms with van der Waals surface area (Å²) in [6.07, 6.45) is 3.17. The summed E-state index contributed by atoms with van der Waals surface area (Å²) in [4.78, 5) is 22.5. The fraction of sp³-hybridized carbons (Fsp3) is 0.286. The molecule has 0 unspecified atom stereocenters. The van der Waals surface area contributed by atoms with Crippen molar-refractivity contribution >= 4 is 34.3 Å². The highest BCUT2D eigenvalue weighted by Crippen LogP contribution is 2.35. The van der Waals surface area contributed by atoms with Gasteiger partial charge in [-0.1, -0.05) is 36.0 Å². The van der Waals surface area contributed by atoms with E-state index in [1.54, 1.807) is 19.3 Å². The van der Waals surface area contributed by atoms with E-state index in [9.17, 15) is 4.79 Å². The first-order valence-corrected chi connectivity index (χ1v) is 10.0. The third kappa shape index (κ3) is 4.54. The molecule has 3 rings (SSSR count). The minimum absolute atomic E-state index is 0.410. The fourth-order valence-electron chi connectivity index (χ4n) is 2.66. The maximum atomic E-state index is 12.5. The van der Waals surface area contributed by atoms with E-state index in [1.165, 1.54) is 16.7 Å². The summed E-state index contributed by atoms with van der Waals surface area (Å²) < 4.78 is 11.5. The largest absolute Gasteiger partial charge is 0.443 e. The number of thioether (sulfide) groups is 1. The van der Waals surface area contributed by atoms with Crippen molar-refractivity contribution in [2.24, 2.45) is 0 Å². The minimum Gasteiger partial charge on any atom is -0.443 e. The molecule has 0 spiro atoms. The van der Waals surface area contributed by atoms with E-state index >= 15 is 0 Å². The summed E-state index contributed by atoms with van der Waals surface area (Å²) in [5, 5.41) is 2.40. The zero-order valence-corrected chi connectivity index (χ0v) is 17.4. The Morgan fingerprint density at radius 2 is 1.79 bits per heavy atom. The standard InChI is InChI=1S/C21H23N3O3S/c1-21(2,3)27-20(25)24(4)16-10-11-17(15-9-7-6-8-14(15)16)26-18-12-13-22-19(23-18)28-5/h6-13H,1-5H3. The number of fused-ring (bicyclic) bond motifs is 1. The van der Waals surface area contributed by atoms with Crippen LogP contribution in [0.5, 0.6) is 11.6 Å². The van der Waals surface area contributed by atoms with Crippen molar-refractivity contribution in [2.45, 2.75) is 31.5 Å². The number of carbonyl (C=O) groups is 1. The SMILES string of the molecule is CSc1nccc(Oc2ccc(N(C)C(=O)OC(C)(C)C)c3ccccc23)n1. The van der Waals surface area contributed by atoms with E-state index < -0.39 is 11.7 Å². The van der Waals surface area contributed by atoms with E-state index in [0.717, 1.165) is 16.5 Å². The van der Waals surface area contributed by atoms with Crippen LogP contribution in [-0.2, 0) is 4.74 Å². The Hall–Kier alpha value is -2.80. The lowest BCUT2D eigenvalue weighted by Gasteiger charge is -2.25. The van der Waals surface area contributed by atoms with Gasteiger partial charge in [0.1, 0.15) is 11.4 Å². The second kappa shape index (κ2) is 8.06. The predicted octanol–water partition coefficient (Wildman–Crippen LogP) is 5.52. The van der Waals surface area contributed by atoms with Crippen LogP contribution in [-0.4, -0.2) is 35.0 Å². The molecule has 1 heterocycles. The number of nitrogens with zero attached hydrogens (tertiary/aromatic N) is 3. The van der Waals surface area contributed by atoms with Gasteiger partial charge >= 0.3 is 6.09 Å². The molecular weight excluding hydrogens is 374 g/mol. The normalized spacial score (nSPS) is 11.3. The number of rotatable bonds is 4. The fourth-order valence-corrected chi connectivity index (χ4v) is 3.01. The predicted molar refractivity (Wildman–Crippen MR) is 112 cm³/mol. The highest BCUT2D eigenvalue weighted by Gasteiger charge is 2.22. The van der Waals surface area contributed by atoms with Gasteiger partial charge in [-0.05, 0) is 39.2 Å². The van der Waals surface area contributed by atoms with Crippen LogP contribution in [0, 0.1) is 0 Å². The Kier molecular flexibility index (Phi) is 5.74. The Bertz CT molecular complexity index is 1000. The highest BCUT2D eigenvalue weighted by atomic mass is 32.2. The summed E-state index contributed by atoms with van der Waals surface area (Å²) in [7, 11) is 1.70. The topological polar surface area (TPSA) is 64.5 Å². The van der Waals surface area contributed by atoms with Crippen molar-refractivity contribution in [2.75, 3.05) is 18.2 Å². The van der Waals surface area contributed by atoms with Crippen molar-refractivity contribution in [1.29, 1.82) is 0 Å². The first kappa shape index (κ1) is 19.9. The molecule has 7 heteroatoms. The molecule has 0 aliphatic carbocycles. The number of aromatic nitrogens is 2. The van der Waals surface area contributed by atoms with Gasteiger partial charge in [-0.2, -0.15) is 4.98 Å². The minimum atomic E-state index is -0.563. The van der Waals surface area contributed by atoms with Crippen molar-refractivity contribution in [3.63, 3.8) is 0 Å². The molecule has 0 atom stereocenters. The third-order valence-corrected chi connectivity index (χ3v) is 4.46. The average Bonchev–Trinajstić information content (AvgIpc) is 2.66. The monoisotopic (exact) mass is 397 g/mol. The molecule has 0 aliphatic rings. The lowest BCUT2D eigenvalue weighted by atomic mass is 10.1. The summed E-state index contributed by atoms with van der Waals surface area (Å²) in [5.41, 5.74) is 0.177. The molecule has 3 aromatic rings. The number of hydrogen-bond donors (Lipinski definition) is 0. The van der Waals surface area contributed by atoms with E-state index in [2.05, 4.69) is 9.97 Å². The van der Waals surface area contributed by atoms with Gasteiger partial charge in [-0.15, -0.1) is 0 Å². The Balaban J connectivity index is 1.98. The van der Waals surface area contributed by atoms with Crippen molar-refractivity contribution in [3.8, 4) is 11.6 Å². The van der Waals surface area contributed by atoms with Crippen molar-refractivity contribution in [1.82, 2.24) is 9.97 Å². The number of benzene rings is 2. The van der Waals surface area contributed by atoms with Gasteiger partial charge in [0.15, 0.2) is 5.16 Å². The molecule has 1 amide bonds. The quantitative estimate of drug-likeness (QED) is 0.427. The lowest BCUT2D eigenvalue weighted by Crippen LogP contribution is -2.34. The molecule has 0 radical (unpaired) electrons. The van der Waals surface area contributed by atoms with Crippen LogP contribution in [0.15, 0.2) is 53.8 Å². The van der Waals surface area contributed by atoms with Crippen molar-refractivity contribution < 1.29 is 14.3 Å². The molecule has 146 valence electrons. The first-order valence-electron chi connectivity index (χ1n) is 8.82. The number of anilines is 1. The molecular formula is C21H23N3O3S. The smallest absolute Gasteiger partial charge is 0.414 e. The summed E-state index contributed by atoms with van der Waals surface area (Å²) in [5.74, 6) is 1.13. The van der Waals surface area contributed by atoms with Gasteiger partial charge in [0.25, 0.3) is 0 Å². The Morgan fingerprint density at radius 3 is 2.46 bits per heavy atom. The highest BCUT2D eigenvalue weighted by molar-refractivity contribution is 7.98. The molecule has 0 aliphatic heterocycles. The second-order valence-corrected chi connectivity index (χ2v) is 7.92. The van der Waals surface area contributed by atoms with Gasteiger partial charge in [-0.25, -0.2) is 9.78 Å². The van der Waals surface area contributed by atoms with Crippen LogP contribution < -0.4 is 9.64 Å². The molecule has 0 saturated heterocycles. The number of amides is 1. The van der Waals surface area contributed by atoms with Crippen LogP contribution in [0.4, 0.5) is 10.5 Å². The zero-order valence-electron chi connectivity index (χ0n) is 16.6.